The van der Waals surface area contributed by atoms with Crippen molar-refractivity contribution in [2.45, 2.75) is 37.0 Å². The molecule has 150 valence electrons. The predicted molar refractivity (Wildman–Crippen MR) is 101 cm³/mol. The molecule has 2 fully saturated rings. The van der Waals surface area contributed by atoms with Gasteiger partial charge in [-0.2, -0.15) is 4.31 Å². The molecule has 1 aliphatic heterocycles. The van der Waals surface area contributed by atoms with Crippen molar-refractivity contribution < 1.29 is 22.7 Å². The number of hydrogen-bond acceptors (Lipinski definition) is 5. The summed E-state index contributed by atoms with van der Waals surface area (Å²) in [5.74, 6) is 0.844. The molecule has 2 aliphatic rings. The molecule has 27 heavy (non-hydrogen) atoms. The highest BCUT2D eigenvalue weighted by Gasteiger charge is 2.26. The molecule has 1 N–H and O–H groups in total. The summed E-state index contributed by atoms with van der Waals surface area (Å²) in [7, 11) is -3.49. The minimum Gasteiger partial charge on any atom is -0.492 e. The van der Waals surface area contributed by atoms with Crippen LogP contribution < -0.4 is 10.1 Å². The van der Waals surface area contributed by atoms with Crippen molar-refractivity contribution in [2.75, 3.05) is 39.5 Å². The largest absolute Gasteiger partial charge is 0.492 e. The van der Waals surface area contributed by atoms with Gasteiger partial charge in [0.1, 0.15) is 12.4 Å². The summed E-state index contributed by atoms with van der Waals surface area (Å²) >= 11 is 0. The third-order valence-electron chi connectivity index (χ3n) is 5.08. The van der Waals surface area contributed by atoms with Gasteiger partial charge in [-0.1, -0.05) is 19.3 Å². The predicted octanol–water partition coefficient (Wildman–Crippen LogP) is 1.78. The first kappa shape index (κ1) is 20.1. The van der Waals surface area contributed by atoms with Crippen LogP contribution >= 0.6 is 0 Å². The van der Waals surface area contributed by atoms with Crippen LogP contribution in [0.25, 0.3) is 0 Å². The molecule has 7 nitrogen and oxygen atoms in total. The molecule has 1 saturated carbocycles. The van der Waals surface area contributed by atoms with E-state index in [1.54, 1.807) is 24.3 Å². The number of carbonyl (C=O) groups excluding carboxylic acids is 1. The molecule has 0 unspecified atom stereocenters. The Morgan fingerprint density at radius 3 is 2.44 bits per heavy atom. The zero-order chi connectivity index (χ0) is 19.1. The number of morpholine rings is 1. The van der Waals surface area contributed by atoms with E-state index in [0.717, 1.165) is 25.7 Å². The monoisotopic (exact) mass is 396 g/mol. The van der Waals surface area contributed by atoms with E-state index >= 15 is 0 Å². The Morgan fingerprint density at radius 1 is 1.11 bits per heavy atom. The van der Waals surface area contributed by atoms with Crippen molar-refractivity contribution in [1.29, 1.82) is 0 Å². The number of ether oxygens (including phenoxy) is 2. The smallest absolute Gasteiger partial charge is 0.243 e. The van der Waals surface area contributed by atoms with Crippen LogP contribution in [0.1, 0.15) is 32.1 Å². The lowest BCUT2D eigenvalue weighted by Crippen LogP contribution is -2.40. The van der Waals surface area contributed by atoms with E-state index in [0.29, 0.717) is 45.2 Å². The molecule has 0 atom stereocenters. The lowest BCUT2D eigenvalue weighted by atomic mass is 9.89. The Kier molecular flexibility index (Phi) is 7.09. The number of amides is 1. The molecule has 1 heterocycles. The molecule has 0 radical (unpaired) electrons. The Balaban J connectivity index is 1.44. The van der Waals surface area contributed by atoms with Gasteiger partial charge in [0.15, 0.2) is 0 Å². The summed E-state index contributed by atoms with van der Waals surface area (Å²) in [4.78, 5) is 12.3. The fraction of sp³-hybridized carbons (Fsp3) is 0.632. The molecule has 0 aromatic heterocycles. The van der Waals surface area contributed by atoms with Crippen molar-refractivity contribution >= 4 is 15.9 Å². The highest BCUT2D eigenvalue weighted by atomic mass is 32.2. The van der Waals surface area contributed by atoms with Crippen LogP contribution in [-0.2, 0) is 19.6 Å². The van der Waals surface area contributed by atoms with E-state index in [4.69, 9.17) is 9.47 Å². The molecule has 1 amide bonds. The summed E-state index contributed by atoms with van der Waals surface area (Å²) < 4.78 is 37.4. The van der Waals surface area contributed by atoms with Crippen LogP contribution in [0.3, 0.4) is 0 Å². The SMILES string of the molecule is O=C(NCCOc1ccc(S(=O)(=O)N2CCOCC2)cc1)C1CCCCC1. The van der Waals surface area contributed by atoms with Gasteiger partial charge in [0.05, 0.1) is 24.7 Å². The van der Waals surface area contributed by atoms with Gasteiger partial charge in [-0.05, 0) is 37.1 Å². The van der Waals surface area contributed by atoms with Crippen LogP contribution in [0.15, 0.2) is 29.2 Å². The normalized spacial score (nSPS) is 19.6. The quantitative estimate of drug-likeness (QED) is 0.710. The van der Waals surface area contributed by atoms with Gasteiger partial charge < -0.3 is 14.8 Å². The third-order valence-corrected chi connectivity index (χ3v) is 6.99. The second-order valence-electron chi connectivity index (χ2n) is 6.96. The van der Waals surface area contributed by atoms with E-state index in [-0.39, 0.29) is 16.7 Å². The Bertz CT molecular complexity index is 708. The van der Waals surface area contributed by atoms with Gasteiger partial charge in [0.2, 0.25) is 15.9 Å². The second kappa shape index (κ2) is 9.52. The van der Waals surface area contributed by atoms with Crippen molar-refractivity contribution in [2.24, 2.45) is 5.92 Å². The van der Waals surface area contributed by atoms with Crippen LogP contribution in [0, 0.1) is 5.92 Å². The molecule has 0 spiro atoms. The van der Waals surface area contributed by atoms with Crippen molar-refractivity contribution in [3.8, 4) is 5.75 Å². The minimum absolute atomic E-state index is 0.116. The first-order valence-corrected chi connectivity index (χ1v) is 11.1. The van der Waals surface area contributed by atoms with Gasteiger partial charge in [-0.3, -0.25) is 4.79 Å². The number of nitrogens with one attached hydrogen (secondary N) is 1. The Hall–Kier alpha value is -1.64. The number of nitrogens with zero attached hydrogens (tertiary/aromatic N) is 1. The topological polar surface area (TPSA) is 84.9 Å². The molecule has 8 heteroatoms. The molecule has 1 aromatic carbocycles. The zero-order valence-electron chi connectivity index (χ0n) is 15.6. The Morgan fingerprint density at radius 2 is 1.78 bits per heavy atom. The molecule has 0 bridgehead atoms. The van der Waals surface area contributed by atoms with E-state index in [9.17, 15) is 13.2 Å². The van der Waals surface area contributed by atoms with E-state index in [2.05, 4.69) is 5.32 Å². The molecule has 1 aliphatic carbocycles. The van der Waals surface area contributed by atoms with Crippen LogP contribution in [0.2, 0.25) is 0 Å². The molecular formula is C19H28N2O5S. The summed E-state index contributed by atoms with van der Waals surface area (Å²) in [6.07, 6.45) is 5.45. The van der Waals surface area contributed by atoms with Crippen molar-refractivity contribution in [3.63, 3.8) is 0 Å². The second-order valence-corrected chi connectivity index (χ2v) is 8.90. The third kappa shape index (κ3) is 5.43. The number of hydrogen-bond donors (Lipinski definition) is 1. The van der Waals surface area contributed by atoms with Gasteiger partial charge in [0.25, 0.3) is 0 Å². The summed E-state index contributed by atoms with van der Waals surface area (Å²) in [6, 6.07) is 6.41. The van der Waals surface area contributed by atoms with Gasteiger partial charge >= 0.3 is 0 Å². The Labute approximate surface area is 161 Å². The standard InChI is InChI=1S/C19H28N2O5S/c22-19(16-4-2-1-3-5-16)20-10-13-26-17-6-8-18(9-7-17)27(23,24)21-11-14-25-15-12-21/h6-9,16H,1-5,10-15H2,(H,20,22). The first-order chi connectivity index (χ1) is 13.1. The fourth-order valence-electron chi connectivity index (χ4n) is 3.50. The molecular weight excluding hydrogens is 368 g/mol. The average Bonchev–Trinajstić information content (AvgIpc) is 2.72. The highest BCUT2D eigenvalue weighted by molar-refractivity contribution is 7.89. The highest BCUT2D eigenvalue weighted by Crippen LogP contribution is 2.23. The maximum Gasteiger partial charge on any atom is 0.243 e. The molecule has 1 aromatic rings. The van der Waals surface area contributed by atoms with Crippen LogP contribution in [-0.4, -0.2) is 58.1 Å². The van der Waals surface area contributed by atoms with Crippen molar-refractivity contribution in [3.05, 3.63) is 24.3 Å². The molecule has 1 saturated heterocycles. The number of benzene rings is 1. The maximum atomic E-state index is 12.6. The molecule has 3 rings (SSSR count). The number of sulfonamides is 1. The van der Waals surface area contributed by atoms with E-state index < -0.39 is 10.0 Å². The van der Waals surface area contributed by atoms with Gasteiger partial charge in [-0.15, -0.1) is 0 Å². The lowest BCUT2D eigenvalue weighted by molar-refractivity contribution is -0.126. The summed E-state index contributed by atoms with van der Waals surface area (Å²) in [5, 5.41) is 2.92. The van der Waals surface area contributed by atoms with Gasteiger partial charge in [-0.25, -0.2) is 8.42 Å². The maximum absolute atomic E-state index is 12.6. The zero-order valence-corrected chi connectivity index (χ0v) is 16.4. The van der Waals surface area contributed by atoms with Gasteiger partial charge in [0, 0.05) is 19.0 Å². The van der Waals surface area contributed by atoms with Crippen LogP contribution in [0.4, 0.5) is 0 Å². The lowest BCUT2D eigenvalue weighted by Gasteiger charge is -2.26. The number of carbonyl (C=O) groups is 1. The van der Waals surface area contributed by atoms with E-state index in [1.807, 2.05) is 0 Å². The summed E-state index contributed by atoms with van der Waals surface area (Å²) in [6.45, 7) is 2.40. The minimum atomic E-state index is -3.49. The van der Waals surface area contributed by atoms with Crippen LogP contribution in [0.5, 0.6) is 5.75 Å². The first-order valence-electron chi connectivity index (χ1n) is 9.66. The van der Waals surface area contributed by atoms with Crippen molar-refractivity contribution in [1.82, 2.24) is 9.62 Å². The summed E-state index contributed by atoms with van der Waals surface area (Å²) in [5.41, 5.74) is 0. The number of rotatable bonds is 7. The average molecular weight is 397 g/mol. The fourth-order valence-corrected chi connectivity index (χ4v) is 4.90. The van der Waals surface area contributed by atoms with E-state index in [1.165, 1.54) is 10.7 Å².